The summed E-state index contributed by atoms with van der Waals surface area (Å²) in [6.07, 6.45) is 6.14. The van der Waals surface area contributed by atoms with Gasteiger partial charge in [0.05, 0.1) is 24.2 Å². The number of ether oxygens (including phenoxy) is 1. The van der Waals surface area contributed by atoms with Crippen LogP contribution in [0.25, 0.3) is 22.4 Å². The summed E-state index contributed by atoms with van der Waals surface area (Å²) in [7, 11) is 0. The van der Waals surface area contributed by atoms with Crippen LogP contribution in [0.3, 0.4) is 0 Å². The summed E-state index contributed by atoms with van der Waals surface area (Å²) >= 11 is 0. The fraction of sp³-hybridized carbons (Fsp3) is 0.231. The van der Waals surface area contributed by atoms with Crippen LogP contribution in [0.2, 0.25) is 0 Å². The molecule has 1 aromatic heterocycles. The number of para-hydroxylation sites is 1. The van der Waals surface area contributed by atoms with Crippen molar-refractivity contribution in [2.75, 3.05) is 6.61 Å². The molecule has 166 valence electrons. The zero-order valence-corrected chi connectivity index (χ0v) is 18.3. The van der Waals surface area contributed by atoms with Gasteiger partial charge in [-0.1, -0.05) is 42.0 Å². The smallest absolute Gasteiger partial charge is 0.127 e. The quantitative estimate of drug-likeness (QED) is 0.331. The van der Waals surface area contributed by atoms with Gasteiger partial charge in [-0.2, -0.15) is 10.2 Å². The Bertz CT molecular complexity index is 1280. The number of aromatic hydroxyl groups is 1. The highest BCUT2D eigenvalue weighted by molar-refractivity contribution is 5.78. The minimum atomic E-state index is 0.178. The second kappa shape index (κ2) is 9.65. The molecule has 0 unspecified atom stereocenters. The molecule has 0 fully saturated rings. The molecule has 3 aromatic carbocycles. The second-order valence-corrected chi connectivity index (χ2v) is 8.08. The van der Waals surface area contributed by atoms with Gasteiger partial charge in [-0.3, -0.25) is 4.68 Å². The van der Waals surface area contributed by atoms with E-state index in [1.54, 1.807) is 12.1 Å². The van der Waals surface area contributed by atoms with Crippen molar-refractivity contribution in [2.45, 2.75) is 32.2 Å². The molecule has 0 saturated heterocycles. The maximum Gasteiger partial charge on any atom is 0.127 e. The Morgan fingerprint density at radius 1 is 0.788 bits per heavy atom. The zero-order chi connectivity index (χ0) is 22.5. The third-order valence-corrected chi connectivity index (χ3v) is 5.66. The molecule has 5 rings (SSSR count). The topological polar surface area (TPSA) is 84.9 Å². The van der Waals surface area contributed by atoms with Crippen molar-refractivity contribution in [1.29, 1.82) is 0 Å². The average Bonchev–Trinajstić information content (AvgIpc) is 3.32. The van der Waals surface area contributed by atoms with E-state index in [1.165, 1.54) is 0 Å². The highest BCUT2D eigenvalue weighted by atomic mass is 16.5. The summed E-state index contributed by atoms with van der Waals surface area (Å²) in [4.78, 5) is 0. The first-order valence-corrected chi connectivity index (χ1v) is 11.2. The van der Waals surface area contributed by atoms with Gasteiger partial charge in [-0.15, -0.1) is 5.10 Å². The van der Waals surface area contributed by atoms with Gasteiger partial charge in [-0.05, 0) is 55.7 Å². The average molecular weight is 440 g/mol. The molecule has 0 amide bonds. The van der Waals surface area contributed by atoms with E-state index < -0.39 is 0 Å². The van der Waals surface area contributed by atoms with Crippen LogP contribution >= 0.6 is 0 Å². The van der Waals surface area contributed by atoms with E-state index in [1.807, 2.05) is 65.5 Å². The van der Waals surface area contributed by atoms with Crippen molar-refractivity contribution in [3.63, 3.8) is 0 Å². The van der Waals surface area contributed by atoms with E-state index in [0.717, 1.165) is 60.5 Å². The van der Waals surface area contributed by atoms with Gasteiger partial charge in [0.1, 0.15) is 17.2 Å². The first-order valence-electron chi connectivity index (χ1n) is 11.2. The summed E-state index contributed by atoms with van der Waals surface area (Å²) < 4.78 is 7.98. The van der Waals surface area contributed by atoms with Gasteiger partial charge in [0.2, 0.25) is 0 Å². The number of fused-ring (bicyclic) bond motifs is 9. The largest absolute Gasteiger partial charge is 0.507 e. The Hall–Kier alpha value is -4.00. The number of phenols is 1. The summed E-state index contributed by atoms with van der Waals surface area (Å²) in [6.45, 7) is 1.46. The molecule has 0 atom stereocenters. The van der Waals surface area contributed by atoms with Gasteiger partial charge in [-0.25, -0.2) is 0 Å². The number of rotatable bonds is 0. The molecule has 1 N–H and O–H groups in total. The molecular weight excluding hydrogens is 414 g/mol. The first-order chi connectivity index (χ1) is 16.3. The second-order valence-electron chi connectivity index (χ2n) is 8.08. The molecular formula is C26H25N5O2. The molecule has 1 aliphatic heterocycles. The van der Waals surface area contributed by atoms with Crippen molar-refractivity contribution in [1.82, 2.24) is 15.0 Å². The molecule has 2 heterocycles. The molecule has 1 aliphatic rings. The predicted octanol–water partition coefficient (Wildman–Crippen LogP) is 6.69. The molecule has 4 aromatic rings. The Morgan fingerprint density at radius 2 is 1.64 bits per heavy atom. The zero-order valence-electron chi connectivity index (χ0n) is 18.3. The minimum Gasteiger partial charge on any atom is -0.507 e. The SMILES string of the molecule is Oc1ccc2cc1-c1ccccc1OCCCCCCn1cc(nn1)-c1cccc(c1)N=N2. The van der Waals surface area contributed by atoms with Gasteiger partial charge in [0, 0.05) is 23.2 Å². The van der Waals surface area contributed by atoms with Crippen LogP contribution in [-0.4, -0.2) is 26.7 Å². The van der Waals surface area contributed by atoms with Gasteiger partial charge >= 0.3 is 0 Å². The van der Waals surface area contributed by atoms with Gasteiger partial charge < -0.3 is 9.84 Å². The van der Waals surface area contributed by atoms with E-state index in [4.69, 9.17) is 4.74 Å². The van der Waals surface area contributed by atoms with Crippen molar-refractivity contribution < 1.29 is 9.84 Å². The summed E-state index contributed by atoms with van der Waals surface area (Å²) in [6, 6.07) is 20.7. The number of aryl methyl sites for hydroxylation is 1. The van der Waals surface area contributed by atoms with Crippen LogP contribution in [-0.2, 0) is 6.54 Å². The molecule has 0 aliphatic carbocycles. The van der Waals surface area contributed by atoms with E-state index in [-0.39, 0.29) is 5.75 Å². The Kier molecular flexibility index (Phi) is 6.10. The van der Waals surface area contributed by atoms with Crippen molar-refractivity contribution >= 4 is 11.4 Å². The third kappa shape index (κ3) is 4.92. The Labute approximate surface area is 192 Å². The van der Waals surface area contributed by atoms with Crippen molar-refractivity contribution in [3.05, 3.63) is 72.9 Å². The van der Waals surface area contributed by atoms with Crippen LogP contribution in [0.5, 0.6) is 11.5 Å². The van der Waals surface area contributed by atoms with E-state index in [9.17, 15) is 5.11 Å². The van der Waals surface area contributed by atoms with E-state index >= 15 is 0 Å². The standard InChI is InChI=1S/C26H25N5O2/c32-25-13-12-21-17-23(25)22-10-3-4-11-26(22)33-15-6-2-1-5-14-31-18-24(29-30-31)19-8-7-9-20(16-19)27-28-21/h3-4,7-13,16-18,32H,1-2,5-6,14-15H2. The molecule has 33 heavy (non-hydrogen) atoms. The third-order valence-electron chi connectivity index (χ3n) is 5.66. The maximum atomic E-state index is 10.5. The highest BCUT2D eigenvalue weighted by Crippen LogP contribution is 2.38. The fourth-order valence-electron chi connectivity index (χ4n) is 3.91. The lowest BCUT2D eigenvalue weighted by Gasteiger charge is -2.13. The van der Waals surface area contributed by atoms with Crippen LogP contribution in [0, 0.1) is 0 Å². The number of aromatic nitrogens is 3. The lowest BCUT2D eigenvalue weighted by atomic mass is 10.0. The van der Waals surface area contributed by atoms with Gasteiger partial charge in [0.15, 0.2) is 0 Å². The Morgan fingerprint density at radius 3 is 2.58 bits per heavy atom. The number of hydrogen-bond acceptors (Lipinski definition) is 6. The monoisotopic (exact) mass is 439 g/mol. The summed E-state index contributed by atoms with van der Waals surface area (Å²) in [5.41, 5.74) is 4.63. The number of azo groups is 1. The van der Waals surface area contributed by atoms with E-state index in [0.29, 0.717) is 17.9 Å². The fourth-order valence-corrected chi connectivity index (χ4v) is 3.91. The van der Waals surface area contributed by atoms with Gasteiger partial charge in [0.25, 0.3) is 0 Å². The van der Waals surface area contributed by atoms with Crippen LogP contribution in [0.1, 0.15) is 25.7 Å². The minimum absolute atomic E-state index is 0.178. The molecule has 0 radical (unpaired) electrons. The lowest BCUT2D eigenvalue weighted by molar-refractivity contribution is 0.305. The number of hydrogen-bond donors (Lipinski definition) is 1. The van der Waals surface area contributed by atoms with Crippen LogP contribution < -0.4 is 4.74 Å². The predicted molar refractivity (Wildman–Crippen MR) is 127 cm³/mol. The summed E-state index contributed by atoms with van der Waals surface area (Å²) in [5.74, 6) is 0.927. The molecule has 0 spiro atoms. The number of phenolic OH excluding ortho intramolecular Hbond substituents is 1. The normalized spacial score (nSPS) is 14.2. The number of nitrogens with zero attached hydrogens (tertiary/aromatic N) is 5. The number of benzene rings is 3. The molecule has 7 nitrogen and oxygen atoms in total. The van der Waals surface area contributed by atoms with Crippen molar-refractivity contribution in [2.24, 2.45) is 10.2 Å². The highest BCUT2D eigenvalue weighted by Gasteiger charge is 2.12. The van der Waals surface area contributed by atoms with Crippen LogP contribution in [0.4, 0.5) is 11.4 Å². The maximum absolute atomic E-state index is 10.5. The molecule has 0 saturated carbocycles. The lowest BCUT2D eigenvalue weighted by Crippen LogP contribution is -2.01. The molecule has 7 heteroatoms. The van der Waals surface area contributed by atoms with Crippen LogP contribution in [0.15, 0.2) is 83.2 Å². The first kappa shape index (κ1) is 20.9. The molecule has 6 bridgehead atoms. The summed E-state index contributed by atoms with van der Waals surface area (Å²) in [5, 5.41) is 27.9. The van der Waals surface area contributed by atoms with E-state index in [2.05, 4.69) is 20.5 Å². The Balaban J connectivity index is 1.52. The van der Waals surface area contributed by atoms with Crippen molar-refractivity contribution in [3.8, 4) is 33.9 Å².